The van der Waals surface area contributed by atoms with E-state index in [0.29, 0.717) is 6.61 Å². The second-order valence-electron chi connectivity index (χ2n) is 6.63. The van der Waals surface area contributed by atoms with Gasteiger partial charge in [-0.25, -0.2) is 4.79 Å². The molecule has 2 bridgehead atoms. The minimum Gasteiger partial charge on any atom is -0.546 e. The molecule has 1 amide bonds. The van der Waals surface area contributed by atoms with Crippen LogP contribution in [0.4, 0.5) is 4.79 Å². The summed E-state index contributed by atoms with van der Waals surface area (Å²) < 4.78 is 11.9. The third-order valence-corrected chi connectivity index (χ3v) is 4.81. The predicted octanol–water partition coefficient (Wildman–Crippen LogP) is 2.70. The van der Waals surface area contributed by atoms with Crippen LogP contribution in [0.25, 0.3) is 0 Å². The molecule has 2 heterocycles. The number of nitrogens with one attached hydrogen (secondary N) is 1. The summed E-state index contributed by atoms with van der Waals surface area (Å²) in [5.41, 5.74) is -0.810. The number of rotatable bonds is 4. The summed E-state index contributed by atoms with van der Waals surface area (Å²) in [6, 6.07) is 0. The SMILES string of the molecule is C=C(O[Si](C)(C)C)C12CCC(NC(=O)O)(CC1)CO2. The first-order valence-electron chi connectivity index (χ1n) is 6.70. The van der Waals surface area contributed by atoms with E-state index in [1.54, 1.807) is 0 Å². The highest BCUT2D eigenvalue weighted by Crippen LogP contribution is 2.47. The van der Waals surface area contributed by atoms with Gasteiger partial charge in [0.05, 0.1) is 12.1 Å². The lowest BCUT2D eigenvalue weighted by Gasteiger charge is -2.53. The van der Waals surface area contributed by atoms with E-state index in [4.69, 9.17) is 14.3 Å². The van der Waals surface area contributed by atoms with Gasteiger partial charge in [-0.15, -0.1) is 0 Å². The largest absolute Gasteiger partial charge is 0.546 e. The Morgan fingerprint density at radius 2 is 1.89 bits per heavy atom. The van der Waals surface area contributed by atoms with Crippen molar-refractivity contribution in [1.29, 1.82) is 0 Å². The van der Waals surface area contributed by atoms with Crippen LogP contribution in [-0.4, -0.2) is 37.3 Å². The minimum atomic E-state index is -1.68. The average Bonchev–Trinajstić information content (AvgIpc) is 2.27. The third-order valence-electron chi connectivity index (χ3n) is 3.95. The van der Waals surface area contributed by atoms with Crippen LogP contribution < -0.4 is 5.32 Å². The van der Waals surface area contributed by atoms with Crippen LogP contribution in [0.3, 0.4) is 0 Å². The maximum atomic E-state index is 10.8. The van der Waals surface area contributed by atoms with E-state index in [9.17, 15) is 4.79 Å². The number of fused-ring (bicyclic) bond motifs is 3. The summed E-state index contributed by atoms with van der Waals surface area (Å²) in [7, 11) is -1.68. The van der Waals surface area contributed by atoms with Crippen LogP contribution in [0.15, 0.2) is 12.3 Å². The van der Waals surface area contributed by atoms with Crippen molar-refractivity contribution in [3.63, 3.8) is 0 Å². The molecule has 2 N–H and O–H groups in total. The molecule has 3 aliphatic rings. The molecular formula is C13H23NO4Si. The Morgan fingerprint density at radius 3 is 2.26 bits per heavy atom. The van der Waals surface area contributed by atoms with Crippen molar-refractivity contribution in [1.82, 2.24) is 5.32 Å². The van der Waals surface area contributed by atoms with Gasteiger partial charge in [-0.05, 0) is 45.3 Å². The summed E-state index contributed by atoms with van der Waals surface area (Å²) in [4.78, 5) is 10.8. The van der Waals surface area contributed by atoms with Crippen molar-refractivity contribution in [2.45, 2.75) is 56.5 Å². The molecule has 19 heavy (non-hydrogen) atoms. The average molecular weight is 285 g/mol. The quantitative estimate of drug-likeness (QED) is 0.615. The summed E-state index contributed by atoms with van der Waals surface area (Å²) in [5, 5.41) is 11.5. The van der Waals surface area contributed by atoms with Gasteiger partial charge >= 0.3 is 6.09 Å². The number of ether oxygens (including phenoxy) is 1. The number of carboxylic acid groups (broad SMARTS) is 1. The molecule has 0 radical (unpaired) electrons. The molecule has 5 nitrogen and oxygen atoms in total. The maximum Gasteiger partial charge on any atom is 0.405 e. The third kappa shape index (κ3) is 2.95. The fourth-order valence-corrected chi connectivity index (χ4v) is 3.83. The Kier molecular flexibility index (Phi) is 3.43. The maximum absolute atomic E-state index is 10.8. The van der Waals surface area contributed by atoms with E-state index in [2.05, 4.69) is 31.5 Å². The Balaban J connectivity index is 2.04. The first-order chi connectivity index (χ1) is 8.67. The fourth-order valence-electron chi connectivity index (χ4n) is 2.91. The van der Waals surface area contributed by atoms with Crippen molar-refractivity contribution in [3.05, 3.63) is 12.3 Å². The Bertz CT molecular complexity index is 377. The molecule has 2 aliphatic heterocycles. The van der Waals surface area contributed by atoms with E-state index in [-0.39, 0.29) is 0 Å². The predicted molar refractivity (Wildman–Crippen MR) is 74.6 cm³/mol. The summed E-state index contributed by atoms with van der Waals surface area (Å²) in [5.74, 6) is 0.732. The van der Waals surface area contributed by atoms with Gasteiger partial charge in [0.1, 0.15) is 11.4 Å². The van der Waals surface area contributed by atoms with E-state index in [1.807, 2.05) is 0 Å². The van der Waals surface area contributed by atoms with Gasteiger partial charge in [0.2, 0.25) is 8.32 Å². The van der Waals surface area contributed by atoms with Gasteiger partial charge < -0.3 is 19.6 Å². The highest BCUT2D eigenvalue weighted by atomic mass is 28.4. The van der Waals surface area contributed by atoms with Crippen molar-refractivity contribution in [2.75, 3.05) is 6.61 Å². The van der Waals surface area contributed by atoms with Crippen molar-refractivity contribution >= 4 is 14.4 Å². The lowest BCUT2D eigenvalue weighted by atomic mass is 9.70. The van der Waals surface area contributed by atoms with Crippen molar-refractivity contribution < 1.29 is 19.1 Å². The molecule has 0 aromatic rings. The van der Waals surface area contributed by atoms with Crippen LogP contribution in [-0.2, 0) is 9.16 Å². The first kappa shape index (κ1) is 14.4. The second kappa shape index (κ2) is 4.52. The van der Waals surface area contributed by atoms with Crippen LogP contribution in [0.2, 0.25) is 19.6 Å². The molecule has 3 fully saturated rings. The van der Waals surface area contributed by atoms with Gasteiger partial charge in [-0.2, -0.15) is 0 Å². The molecule has 1 aliphatic carbocycles. The summed E-state index contributed by atoms with van der Waals surface area (Å²) >= 11 is 0. The molecule has 0 atom stereocenters. The molecular weight excluding hydrogens is 262 g/mol. The Hall–Kier alpha value is -1.01. The highest BCUT2D eigenvalue weighted by molar-refractivity contribution is 6.70. The summed E-state index contributed by atoms with van der Waals surface area (Å²) in [6.07, 6.45) is 2.14. The zero-order valence-corrected chi connectivity index (χ0v) is 12.9. The molecule has 0 spiro atoms. The number of amides is 1. The standard InChI is InChI=1S/C13H23NO4Si/c1-10(18-19(2,3)4)13-7-5-12(6-8-13,9-17-13)14-11(15)16/h14H,1,5-9H2,2-4H3,(H,15,16). The number of hydrogen-bond donors (Lipinski definition) is 2. The summed E-state index contributed by atoms with van der Waals surface area (Å²) in [6.45, 7) is 10.8. The Morgan fingerprint density at radius 1 is 1.32 bits per heavy atom. The van der Waals surface area contributed by atoms with Crippen LogP contribution in [0, 0.1) is 0 Å². The molecule has 1 saturated carbocycles. The molecule has 0 unspecified atom stereocenters. The fraction of sp³-hybridized carbons (Fsp3) is 0.769. The number of carbonyl (C=O) groups is 1. The van der Waals surface area contributed by atoms with E-state index >= 15 is 0 Å². The van der Waals surface area contributed by atoms with Gasteiger partial charge in [0.15, 0.2) is 0 Å². The topological polar surface area (TPSA) is 67.8 Å². The lowest BCUT2D eigenvalue weighted by molar-refractivity contribution is -0.151. The van der Waals surface area contributed by atoms with E-state index in [0.717, 1.165) is 31.4 Å². The van der Waals surface area contributed by atoms with Crippen LogP contribution in [0.5, 0.6) is 0 Å². The molecule has 6 heteroatoms. The molecule has 2 saturated heterocycles. The monoisotopic (exact) mass is 285 g/mol. The molecule has 0 aromatic carbocycles. The lowest BCUT2D eigenvalue weighted by Crippen LogP contribution is -2.63. The van der Waals surface area contributed by atoms with E-state index in [1.165, 1.54) is 0 Å². The normalized spacial score (nSPS) is 33.8. The minimum absolute atomic E-state index is 0.401. The van der Waals surface area contributed by atoms with Gasteiger partial charge in [0, 0.05) is 0 Å². The zero-order valence-electron chi connectivity index (χ0n) is 11.9. The Labute approximate surface area is 115 Å². The van der Waals surface area contributed by atoms with Gasteiger partial charge in [0.25, 0.3) is 0 Å². The zero-order chi connectivity index (χ0) is 14.3. The van der Waals surface area contributed by atoms with Crippen LogP contribution >= 0.6 is 0 Å². The molecule has 3 rings (SSSR count). The van der Waals surface area contributed by atoms with Crippen molar-refractivity contribution in [3.8, 4) is 0 Å². The van der Waals surface area contributed by atoms with Crippen molar-refractivity contribution in [2.24, 2.45) is 0 Å². The first-order valence-corrected chi connectivity index (χ1v) is 10.1. The molecule has 0 aromatic heterocycles. The second-order valence-corrected chi connectivity index (χ2v) is 11.1. The van der Waals surface area contributed by atoms with E-state index < -0.39 is 25.6 Å². The highest BCUT2D eigenvalue weighted by Gasteiger charge is 2.53. The van der Waals surface area contributed by atoms with Gasteiger partial charge in [-0.3, -0.25) is 0 Å². The smallest absolute Gasteiger partial charge is 0.405 e. The van der Waals surface area contributed by atoms with Crippen LogP contribution in [0.1, 0.15) is 25.7 Å². The number of hydrogen-bond acceptors (Lipinski definition) is 3. The van der Waals surface area contributed by atoms with Gasteiger partial charge in [-0.1, -0.05) is 6.58 Å². The molecule has 108 valence electrons.